The smallest absolute Gasteiger partial charge is 0.185 e. The van der Waals surface area contributed by atoms with Crippen molar-refractivity contribution in [2.24, 2.45) is 0 Å². The molecular weight excluding hydrogens is 286 g/mol. The van der Waals surface area contributed by atoms with Crippen LogP contribution < -0.4 is 10.2 Å². The van der Waals surface area contributed by atoms with Crippen LogP contribution >= 0.6 is 23.1 Å². The molecule has 1 aromatic rings. The molecule has 0 aliphatic carbocycles. The molecule has 1 aromatic heterocycles. The van der Waals surface area contributed by atoms with Gasteiger partial charge in [-0.3, -0.25) is 0 Å². The first-order valence-corrected chi connectivity index (χ1v) is 9.45. The maximum Gasteiger partial charge on any atom is 0.185 e. The Morgan fingerprint density at radius 2 is 2.05 bits per heavy atom. The van der Waals surface area contributed by atoms with E-state index in [2.05, 4.69) is 58.1 Å². The highest BCUT2D eigenvalue weighted by Gasteiger charge is 2.18. The molecular formula is C15H29N3S2. The quantitative estimate of drug-likeness (QED) is 0.829. The van der Waals surface area contributed by atoms with E-state index in [0.717, 1.165) is 23.8 Å². The molecule has 0 saturated carbocycles. The molecule has 0 aliphatic heterocycles. The third-order valence-corrected chi connectivity index (χ3v) is 5.26. The normalized spacial score (nSPS) is 13.6. The molecule has 1 heterocycles. The largest absolute Gasteiger partial charge is 0.348 e. The molecule has 1 atom stereocenters. The van der Waals surface area contributed by atoms with Gasteiger partial charge in [-0.1, -0.05) is 6.92 Å². The fourth-order valence-electron chi connectivity index (χ4n) is 1.82. The number of hydrogen-bond donors (Lipinski definition) is 1. The van der Waals surface area contributed by atoms with Crippen molar-refractivity contribution in [1.29, 1.82) is 0 Å². The fraction of sp³-hybridized carbons (Fsp3) is 0.800. The van der Waals surface area contributed by atoms with Gasteiger partial charge in [0, 0.05) is 35.8 Å². The third-order valence-electron chi connectivity index (χ3n) is 3.25. The summed E-state index contributed by atoms with van der Waals surface area (Å²) in [5.41, 5.74) is 1.39. The van der Waals surface area contributed by atoms with Gasteiger partial charge in [-0.25, -0.2) is 4.98 Å². The van der Waals surface area contributed by atoms with Crippen molar-refractivity contribution in [3.05, 3.63) is 10.6 Å². The zero-order chi connectivity index (χ0) is 15.3. The molecule has 0 bridgehead atoms. The van der Waals surface area contributed by atoms with Gasteiger partial charge in [0.2, 0.25) is 0 Å². The van der Waals surface area contributed by atoms with Crippen LogP contribution in [0.4, 0.5) is 5.13 Å². The predicted molar refractivity (Wildman–Crippen MR) is 94.3 cm³/mol. The van der Waals surface area contributed by atoms with Gasteiger partial charge in [0.25, 0.3) is 0 Å². The highest BCUT2D eigenvalue weighted by atomic mass is 32.2. The molecule has 0 saturated heterocycles. The van der Waals surface area contributed by atoms with Crippen LogP contribution in [0, 0.1) is 0 Å². The van der Waals surface area contributed by atoms with Crippen LogP contribution in [0.5, 0.6) is 0 Å². The second-order valence-electron chi connectivity index (χ2n) is 6.24. The molecule has 1 N–H and O–H groups in total. The number of thiazole rings is 1. The lowest BCUT2D eigenvalue weighted by Gasteiger charge is -2.23. The van der Waals surface area contributed by atoms with Gasteiger partial charge in [-0.2, -0.15) is 11.8 Å². The Hall–Kier alpha value is -0.260. The lowest BCUT2D eigenvalue weighted by molar-refractivity contribution is 0.425. The van der Waals surface area contributed by atoms with Crippen molar-refractivity contribution in [3.63, 3.8) is 0 Å². The average molecular weight is 316 g/mol. The summed E-state index contributed by atoms with van der Waals surface area (Å²) in [6.07, 6.45) is 3.16. The maximum absolute atomic E-state index is 4.83. The van der Waals surface area contributed by atoms with Crippen LogP contribution in [0.3, 0.4) is 0 Å². The van der Waals surface area contributed by atoms with Gasteiger partial charge in [0.05, 0.1) is 5.69 Å². The Balaban J connectivity index is 2.82. The summed E-state index contributed by atoms with van der Waals surface area (Å²) >= 11 is 3.72. The summed E-state index contributed by atoms with van der Waals surface area (Å²) in [4.78, 5) is 8.51. The number of nitrogens with zero attached hydrogens (tertiary/aromatic N) is 2. The number of nitrogens with one attached hydrogen (secondary N) is 1. The van der Waals surface area contributed by atoms with Crippen LogP contribution in [0.1, 0.15) is 45.2 Å². The van der Waals surface area contributed by atoms with Crippen LogP contribution in [0.2, 0.25) is 0 Å². The summed E-state index contributed by atoms with van der Waals surface area (Å²) in [6, 6.07) is 0.518. The average Bonchev–Trinajstić information content (AvgIpc) is 2.78. The Morgan fingerprint density at radius 3 is 2.55 bits per heavy atom. The molecule has 5 heteroatoms. The molecule has 20 heavy (non-hydrogen) atoms. The number of anilines is 1. The van der Waals surface area contributed by atoms with Crippen molar-refractivity contribution < 1.29 is 0 Å². The van der Waals surface area contributed by atoms with E-state index in [4.69, 9.17) is 4.98 Å². The van der Waals surface area contributed by atoms with Gasteiger partial charge in [-0.15, -0.1) is 11.3 Å². The van der Waals surface area contributed by atoms with E-state index >= 15 is 0 Å². The highest BCUT2D eigenvalue weighted by Crippen LogP contribution is 2.28. The summed E-state index contributed by atoms with van der Waals surface area (Å²) in [5, 5.41) is 4.71. The summed E-state index contributed by atoms with van der Waals surface area (Å²) < 4.78 is 0. The number of hydrogen-bond acceptors (Lipinski definition) is 5. The second-order valence-corrected chi connectivity index (χ2v) is 8.21. The van der Waals surface area contributed by atoms with Gasteiger partial charge in [-0.05, 0) is 40.4 Å². The Morgan fingerprint density at radius 1 is 1.40 bits per heavy atom. The third kappa shape index (κ3) is 5.26. The molecule has 3 nitrogen and oxygen atoms in total. The number of rotatable bonds is 7. The summed E-state index contributed by atoms with van der Waals surface area (Å²) in [7, 11) is 2.15. The van der Waals surface area contributed by atoms with Crippen molar-refractivity contribution >= 4 is 28.2 Å². The number of aryl methyl sites for hydroxylation is 1. The molecule has 0 amide bonds. The monoisotopic (exact) mass is 315 g/mol. The van der Waals surface area contributed by atoms with Crippen molar-refractivity contribution in [2.75, 3.05) is 24.0 Å². The van der Waals surface area contributed by atoms with Gasteiger partial charge in [0.15, 0.2) is 5.13 Å². The Labute approximate surface area is 132 Å². The van der Waals surface area contributed by atoms with Gasteiger partial charge >= 0.3 is 0 Å². The minimum atomic E-state index is 0.146. The van der Waals surface area contributed by atoms with E-state index in [9.17, 15) is 0 Å². The minimum Gasteiger partial charge on any atom is -0.348 e. The molecule has 1 unspecified atom stereocenters. The fourth-order valence-corrected chi connectivity index (χ4v) is 3.68. The van der Waals surface area contributed by atoms with E-state index in [1.807, 2.05) is 23.1 Å². The zero-order valence-electron chi connectivity index (χ0n) is 13.9. The Kier molecular flexibility index (Phi) is 6.82. The molecule has 0 radical (unpaired) electrons. The van der Waals surface area contributed by atoms with E-state index in [-0.39, 0.29) is 5.54 Å². The van der Waals surface area contributed by atoms with Crippen LogP contribution in [0.25, 0.3) is 0 Å². The molecule has 0 spiro atoms. The summed E-state index contributed by atoms with van der Waals surface area (Å²) in [5.74, 6) is 1.13. The van der Waals surface area contributed by atoms with Crippen molar-refractivity contribution in [1.82, 2.24) is 10.3 Å². The SMILES string of the molecule is CCc1nc(N(C)C(C)CSC)sc1CNC(C)(C)C. The number of thioether (sulfide) groups is 1. The van der Waals surface area contributed by atoms with E-state index in [1.165, 1.54) is 10.6 Å². The van der Waals surface area contributed by atoms with Crippen LogP contribution in [-0.2, 0) is 13.0 Å². The first-order chi connectivity index (χ1) is 9.28. The molecule has 0 aliphatic rings. The van der Waals surface area contributed by atoms with Gasteiger partial charge in [0.1, 0.15) is 0 Å². The topological polar surface area (TPSA) is 28.2 Å². The highest BCUT2D eigenvalue weighted by molar-refractivity contribution is 7.98. The van der Waals surface area contributed by atoms with Crippen molar-refractivity contribution in [3.8, 4) is 0 Å². The maximum atomic E-state index is 4.83. The van der Waals surface area contributed by atoms with E-state index in [1.54, 1.807) is 0 Å². The Bertz CT molecular complexity index is 410. The molecule has 0 aromatic carbocycles. The van der Waals surface area contributed by atoms with E-state index in [0.29, 0.717) is 6.04 Å². The molecule has 116 valence electrons. The first kappa shape index (κ1) is 17.8. The van der Waals surface area contributed by atoms with Crippen LogP contribution in [0.15, 0.2) is 0 Å². The lowest BCUT2D eigenvalue weighted by Crippen LogP contribution is -2.35. The van der Waals surface area contributed by atoms with Gasteiger partial charge < -0.3 is 10.2 Å². The number of aromatic nitrogens is 1. The van der Waals surface area contributed by atoms with Crippen LogP contribution in [-0.4, -0.2) is 35.6 Å². The predicted octanol–water partition coefficient (Wildman–Crippen LogP) is 3.78. The van der Waals surface area contributed by atoms with E-state index < -0.39 is 0 Å². The second kappa shape index (κ2) is 7.66. The minimum absolute atomic E-state index is 0.146. The van der Waals surface area contributed by atoms with Crippen molar-refractivity contribution in [2.45, 2.75) is 59.2 Å². The summed E-state index contributed by atoms with van der Waals surface area (Å²) in [6.45, 7) is 12.0. The first-order valence-electron chi connectivity index (χ1n) is 7.23. The molecule has 0 fully saturated rings. The standard InChI is InChI=1S/C15H29N3S2/c1-8-12-13(9-16-15(3,4)5)20-14(17-12)18(6)11(2)10-19-7/h11,16H,8-10H2,1-7H3. The zero-order valence-corrected chi connectivity index (χ0v) is 15.5. The molecule has 1 rings (SSSR count). The lowest BCUT2D eigenvalue weighted by atomic mass is 10.1.